The lowest BCUT2D eigenvalue weighted by Gasteiger charge is -2.33. The highest BCUT2D eigenvalue weighted by molar-refractivity contribution is 4.91. The van der Waals surface area contributed by atoms with E-state index in [9.17, 15) is 0 Å². The summed E-state index contributed by atoms with van der Waals surface area (Å²) in [5, 5.41) is 3.66. The van der Waals surface area contributed by atoms with E-state index in [4.69, 9.17) is 9.47 Å². The molecule has 0 aromatic carbocycles. The van der Waals surface area contributed by atoms with Gasteiger partial charge in [-0.15, -0.1) is 0 Å². The molecule has 0 amide bonds. The SMILES string of the molecule is COCCOCCCCN1CCNC(C2CC2)C1. The Hall–Kier alpha value is -0.160. The summed E-state index contributed by atoms with van der Waals surface area (Å²) >= 11 is 0. The van der Waals surface area contributed by atoms with Gasteiger partial charge in [0.25, 0.3) is 0 Å². The van der Waals surface area contributed by atoms with Gasteiger partial charge in [0.15, 0.2) is 0 Å². The predicted octanol–water partition coefficient (Wildman–Crippen LogP) is 1.11. The molecule has 1 aliphatic heterocycles. The lowest BCUT2D eigenvalue weighted by atomic mass is 10.1. The molecule has 2 rings (SSSR count). The molecule has 1 unspecified atom stereocenters. The first-order valence-electron chi connectivity index (χ1n) is 7.42. The molecule has 0 spiro atoms. The summed E-state index contributed by atoms with van der Waals surface area (Å²) in [5.74, 6) is 0.977. The maximum absolute atomic E-state index is 5.48. The summed E-state index contributed by atoms with van der Waals surface area (Å²) in [6, 6.07) is 0.775. The van der Waals surface area contributed by atoms with Crippen molar-refractivity contribution in [1.29, 1.82) is 0 Å². The van der Waals surface area contributed by atoms with Crippen molar-refractivity contribution < 1.29 is 9.47 Å². The first kappa shape index (κ1) is 14.3. The Morgan fingerprint density at radius 3 is 2.83 bits per heavy atom. The number of ether oxygens (including phenoxy) is 2. The van der Waals surface area contributed by atoms with Gasteiger partial charge in [0, 0.05) is 39.4 Å². The zero-order chi connectivity index (χ0) is 12.6. The van der Waals surface area contributed by atoms with E-state index in [1.54, 1.807) is 7.11 Å². The average molecular weight is 256 g/mol. The summed E-state index contributed by atoms with van der Waals surface area (Å²) in [6.45, 7) is 7.20. The Balaban J connectivity index is 1.45. The first-order chi connectivity index (χ1) is 8.90. The maximum atomic E-state index is 5.48. The monoisotopic (exact) mass is 256 g/mol. The van der Waals surface area contributed by atoms with Gasteiger partial charge in [0.1, 0.15) is 0 Å². The van der Waals surface area contributed by atoms with Crippen molar-refractivity contribution in [2.24, 2.45) is 5.92 Å². The van der Waals surface area contributed by atoms with Gasteiger partial charge >= 0.3 is 0 Å². The smallest absolute Gasteiger partial charge is 0.0700 e. The molecule has 1 saturated carbocycles. The average Bonchev–Trinajstić information content (AvgIpc) is 3.22. The van der Waals surface area contributed by atoms with Crippen LogP contribution in [0.4, 0.5) is 0 Å². The fourth-order valence-corrected chi connectivity index (χ4v) is 2.64. The molecule has 0 radical (unpaired) electrons. The summed E-state index contributed by atoms with van der Waals surface area (Å²) < 4.78 is 10.4. The molecule has 0 bridgehead atoms. The quantitative estimate of drug-likeness (QED) is 0.627. The van der Waals surface area contributed by atoms with Crippen LogP contribution in [0.15, 0.2) is 0 Å². The minimum atomic E-state index is 0.709. The number of hydrogen-bond acceptors (Lipinski definition) is 4. The van der Waals surface area contributed by atoms with Crippen LogP contribution in [0, 0.1) is 5.92 Å². The minimum absolute atomic E-state index is 0.709. The lowest BCUT2D eigenvalue weighted by molar-refractivity contribution is 0.0670. The molecule has 1 atom stereocenters. The molecule has 1 aliphatic carbocycles. The van der Waals surface area contributed by atoms with E-state index in [1.807, 2.05) is 0 Å². The summed E-state index contributed by atoms with van der Waals surface area (Å²) in [6.07, 6.45) is 5.31. The molecule has 2 fully saturated rings. The van der Waals surface area contributed by atoms with Gasteiger partial charge in [0.2, 0.25) is 0 Å². The molecular weight excluding hydrogens is 228 g/mol. The van der Waals surface area contributed by atoms with Gasteiger partial charge < -0.3 is 19.7 Å². The normalized spacial score (nSPS) is 25.5. The van der Waals surface area contributed by atoms with E-state index in [1.165, 1.54) is 51.9 Å². The molecule has 0 aromatic rings. The van der Waals surface area contributed by atoms with Gasteiger partial charge in [-0.25, -0.2) is 0 Å². The van der Waals surface area contributed by atoms with Crippen molar-refractivity contribution in [3.05, 3.63) is 0 Å². The van der Waals surface area contributed by atoms with E-state index in [-0.39, 0.29) is 0 Å². The Morgan fingerprint density at radius 2 is 2.06 bits per heavy atom. The van der Waals surface area contributed by atoms with Crippen molar-refractivity contribution >= 4 is 0 Å². The van der Waals surface area contributed by atoms with Gasteiger partial charge in [0.05, 0.1) is 13.2 Å². The van der Waals surface area contributed by atoms with Crippen molar-refractivity contribution in [2.75, 3.05) is 53.1 Å². The van der Waals surface area contributed by atoms with Crippen molar-refractivity contribution in [1.82, 2.24) is 10.2 Å². The molecule has 2 aliphatic rings. The third-order valence-corrected chi connectivity index (χ3v) is 3.93. The third kappa shape index (κ3) is 5.22. The Labute approximate surface area is 111 Å². The Bertz CT molecular complexity index is 222. The standard InChI is InChI=1S/C14H28N2O2/c1-17-10-11-18-9-3-2-7-16-8-6-15-14(12-16)13-4-5-13/h13-15H,2-12H2,1H3. The molecule has 1 saturated heterocycles. The molecule has 4 nitrogen and oxygen atoms in total. The third-order valence-electron chi connectivity index (χ3n) is 3.93. The molecule has 106 valence electrons. The van der Waals surface area contributed by atoms with E-state index in [0.717, 1.165) is 25.2 Å². The number of hydrogen-bond donors (Lipinski definition) is 1. The van der Waals surface area contributed by atoms with Crippen LogP contribution in [-0.2, 0) is 9.47 Å². The van der Waals surface area contributed by atoms with E-state index in [0.29, 0.717) is 6.61 Å². The number of unbranched alkanes of at least 4 members (excludes halogenated alkanes) is 1. The fourth-order valence-electron chi connectivity index (χ4n) is 2.64. The zero-order valence-corrected chi connectivity index (χ0v) is 11.7. The highest BCUT2D eigenvalue weighted by Crippen LogP contribution is 2.33. The fraction of sp³-hybridized carbons (Fsp3) is 1.00. The number of nitrogens with one attached hydrogen (secondary N) is 1. The van der Waals surface area contributed by atoms with Crippen LogP contribution >= 0.6 is 0 Å². The number of piperazine rings is 1. The topological polar surface area (TPSA) is 33.7 Å². The summed E-state index contributed by atoms with van der Waals surface area (Å²) in [7, 11) is 1.71. The van der Waals surface area contributed by atoms with Gasteiger partial charge in [-0.2, -0.15) is 0 Å². The number of nitrogens with zero attached hydrogens (tertiary/aromatic N) is 1. The van der Waals surface area contributed by atoms with Crippen molar-refractivity contribution in [3.8, 4) is 0 Å². The molecule has 18 heavy (non-hydrogen) atoms. The van der Waals surface area contributed by atoms with Crippen molar-refractivity contribution in [3.63, 3.8) is 0 Å². The molecule has 1 heterocycles. The highest BCUT2D eigenvalue weighted by atomic mass is 16.5. The first-order valence-corrected chi connectivity index (χ1v) is 7.42. The van der Waals surface area contributed by atoms with Crippen molar-refractivity contribution in [2.45, 2.75) is 31.7 Å². The molecular formula is C14H28N2O2. The summed E-state index contributed by atoms with van der Waals surface area (Å²) in [5.41, 5.74) is 0. The molecule has 0 aromatic heterocycles. The molecule has 4 heteroatoms. The predicted molar refractivity (Wildman–Crippen MR) is 72.9 cm³/mol. The second-order valence-electron chi connectivity index (χ2n) is 5.51. The van der Waals surface area contributed by atoms with Crippen LogP contribution in [0.3, 0.4) is 0 Å². The zero-order valence-electron chi connectivity index (χ0n) is 11.7. The van der Waals surface area contributed by atoms with Crippen LogP contribution in [-0.4, -0.2) is 64.1 Å². The second kappa shape index (κ2) is 8.10. The van der Waals surface area contributed by atoms with E-state index < -0.39 is 0 Å². The van der Waals surface area contributed by atoms with Crippen LogP contribution in [0.1, 0.15) is 25.7 Å². The second-order valence-corrected chi connectivity index (χ2v) is 5.51. The van der Waals surface area contributed by atoms with Gasteiger partial charge in [-0.3, -0.25) is 0 Å². The number of methoxy groups -OCH3 is 1. The van der Waals surface area contributed by atoms with Crippen LogP contribution in [0.2, 0.25) is 0 Å². The van der Waals surface area contributed by atoms with Gasteiger partial charge in [-0.05, 0) is 38.1 Å². The Kier molecular flexibility index (Phi) is 6.41. The van der Waals surface area contributed by atoms with E-state index >= 15 is 0 Å². The van der Waals surface area contributed by atoms with Crippen LogP contribution < -0.4 is 5.32 Å². The largest absolute Gasteiger partial charge is 0.382 e. The lowest BCUT2D eigenvalue weighted by Crippen LogP contribution is -2.51. The Morgan fingerprint density at radius 1 is 1.17 bits per heavy atom. The van der Waals surface area contributed by atoms with Crippen LogP contribution in [0.25, 0.3) is 0 Å². The maximum Gasteiger partial charge on any atom is 0.0700 e. The number of rotatable bonds is 9. The van der Waals surface area contributed by atoms with Gasteiger partial charge in [-0.1, -0.05) is 0 Å². The van der Waals surface area contributed by atoms with Crippen LogP contribution in [0.5, 0.6) is 0 Å². The van der Waals surface area contributed by atoms with E-state index in [2.05, 4.69) is 10.2 Å². The minimum Gasteiger partial charge on any atom is -0.382 e. The summed E-state index contributed by atoms with van der Waals surface area (Å²) in [4.78, 5) is 2.62. The molecule has 1 N–H and O–H groups in total. The highest BCUT2D eigenvalue weighted by Gasteiger charge is 2.33.